The molecule has 0 aliphatic carbocycles. The minimum atomic E-state index is -1.28. The third-order valence-electron chi connectivity index (χ3n) is 3.41. The largest absolute Gasteiger partial charge is 0.497 e. The summed E-state index contributed by atoms with van der Waals surface area (Å²) in [5.41, 5.74) is 0.570. The van der Waals surface area contributed by atoms with E-state index in [1.54, 1.807) is 36.4 Å². The van der Waals surface area contributed by atoms with E-state index in [9.17, 15) is 14.7 Å². The second kappa shape index (κ2) is 8.07. The van der Waals surface area contributed by atoms with Crippen LogP contribution in [0.2, 0.25) is 0 Å². The lowest BCUT2D eigenvalue weighted by Gasteiger charge is -2.22. The number of aliphatic hydroxyl groups excluding tert-OH is 1. The first-order valence-electron chi connectivity index (χ1n) is 7.18. The van der Waals surface area contributed by atoms with Crippen molar-refractivity contribution in [3.05, 3.63) is 59.9 Å². The summed E-state index contributed by atoms with van der Waals surface area (Å²) in [5, 5.41) is 12.9. The number of aliphatic hydroxyl groups is 1. The fourth-order valence-electron chi connectivity index (χ4n) is 2.10. The summed E-state index contributed by atoms with van der Waals surface area (Å²) in [6.45, 7) is 0. The first-order valence-corrected chi connectivity index (χ1v) is 7.18. The van der Waals surface area contributed by atoms with Crippen LogP contribution in [0.5, 0.6) is 5.75 Å². The van der Waals surface area contributed by atoms with Gasteiger partial charge in [0.05, 0.1) is 14.2 Å². The van der Waals surface area contributed by atoms with Gasteiger partial charge in [-0.3, -0.25) is 9.78 Å². The molecule has 1 aromatic carbocycles. The van der Waals surface area contributed by atoms with Crippen LogP contribution in [0.15, 0.2) is 48.7 Å². The number of carbonyl (C=O) groups is 2. The Hall–Kier alpha value is -2.93. The molecule has 1 aromatic heterocycles. The summed E-state index contributed by atoms with van der Waals surface area (Å²) in [4.78, 5) is 28.1. The molecular formula is C17H18N2O5. The molecule has 2 unspecified atom stereocenters. The third kappa shape index (κ3) is 4.08. The van der Waals surface area contributed by atoms with Crippen molar-refractivity contribution in [2.45, 2.75) is 12.1 Å². The van der Waals surface area contributed by atoms with Gasteiger partial charge in [-0.15, -0.1) is 0 Å². The van der Waals surface area contributed by atoms with E-state index in [1.807, 2.05) is 0 Å². The Balaban J connectivity index is 2.20. The summed E-state index contributed by atoms with van der Waals surface area (Å²) < 4.78 is 9.73. The van der Waals surface area contributed by atoms with Crippen LogP contribution in [0, 0.1) is 0 Å². The normalized spacial score (nSPS) is 12.8. The number of esters is 1. The Morgan fingerprint density at radius 1 is 1.12 bits per heavy atom. The summed E-state index contributed by atoms with van der Waals surface area (Å²) in [6.07, 6.45) is 0.179. The number of aromatic nitrogens is 1. The molecule has 1 amide bonds. The average Bonchev–Trinajstić information content (AvgIpc) is 2.65. The number of carbonyl (C=O) groups excluding carboxylic acids is 2. The van der Waals surface area contributed by atoms with Gasteiger partial charge in [0.25, 0.3) is 5.91 Å². The topological polar surface area (TPSA) is 97.8 Å². The van der Waals surface area contributed by atoms with Crippen molar-refractivity contribution in [3.8, 4) is 5.75 Å². The number of rotatable bonds is 6. The molecular weight excluding hydrogens is 312 g/mol. The van der Waals surface area contributed by atoms with Gasteiger partial charge in [0.1, 0.15) is 17.5 Å². The van der Waals surface area contributed by atoms with Gasteiger partial charge < -0.3 is 19.9 Å². The lowest BCUT2D eigenvalue weighted by atomic mass is 10.0. The zero-order valence-corrected chi connectivity index (χ0v) is 13.3. The number of hydrogen-bond donors (Lipinski definition) is 2. The molecule has 0 bridgehead atoms. The number of nitrogens with zero attached hydrogens (tertiary/aromatic N) is 1. The Labute approximate surface area is 139 Å². The molecule has 0 spiro atoms. The van der Waals surface area contributed by atoms with Crippen LogP contribution >= 0.6 is 0 Å². The molecule has 2 aromatic rings. The molecule has 0 saturated carbocycles. The highest BCUT2D eigenvalue weighted by atomic mass is 16.5. The monoisotopic (exact) mass is 330 g/mol. The van der Waals surface area contributed by atoms with Crippen molar-refractivity contribution in [1.82, 2.24) is 10.3 Å². The Bertz CT molecular complexity index is 688. The number of amides is 1. The highest BCUT2D eigenvalue weighted by Gasteiger charge is 2.31. The van der Waals surface area contributed by atoms with Crippen molar-refractivity contribution in [2.75, 3.05) is 14.2 Å². The van der Waals surface area contributed by atoms with Gasteiger partial charge in [0, 0.05) is 6.20 Å². The standard InChI is InChI=1S/C17H18N2O5/c1-23-12-8-6-11(7-9-12)15(20)14(17(22)24-2)19-16(21)13-5-3-4-10-18-13/h3-10,14-15,20H,1-2H3,(H,19,21). The van der Waals surface area contributed by atoms with Gasteiger partial charge >= 0.3 is 5.97 Å². The lowest BCUT2D eigenvalue weighted by molar-refractivity contribution is -0.146. The van der Waals surface area contributed by atoms with Gasteiger partial charge in [0.15, 0.2) is 6.04 Å². The maximum atomic E-state index is 12.2. The summed E-state index contributed by atoms with van der Waals surface area (Å²) in [5.74, 6) is -0.737. The van der Waals surface area contributed by atoms with E-state index >= 15 is 0 Å². The van der Waals surface area contributed by atoms with Gasteiger partial charge in [-0.05, 0) is 29.8 Å². The van der Waals surface area contributed by atoms with Crippen LogP contribution in [0.4, 0.5) is 0 Å². The average molecular weight is 330 g/mol. The van der Waals surface area contributed by atoms with E-state index in [0.717, 1.165) is 0 Å². The number of hydrogen-bond acceptors (Lipinski definition) is 6. The van der Waals surface area contributed by atoms with Crippen molar-refractivity contribution >= 4 is 11.9 Å². The molecule has 0 fully saturated rings. The van der Waals surface area contributed by atoms with E-state index in [2.05, 4.69) is 15.0 Å². The maximum Gasteiger partial charge on any atom is 0.331 e. The highest BCUT2D eigenvalue weighted by Crippen LogP contribution is 2.21. The first kappa shape index (κ1) is 17.4. The second-order valence-electron chi connectivity index (χ2n) is 4.91. The number of benzene rings is 1. The van der Waals surface area contributed by atoms with E-state index in [-0.39, 0.29) is 5.69 Å². The van der Waals surface area contributed by atoms with Gasteiger partial charge in [0.2, 0.25) is 0 Å². The van der Waals surface area contributed by atoms with Crippen molar-refractivity contribution in [1.29, 1.82) is 0 Å². The van der Waals surface area contributed by atoms with Gasteiger partial charge in [-0.2, -0.15) is 0 Å². The SMILES string of the molecule is COC(=O)C(NC(=O)c1ccccn1)C(O)c1ccc(OC)cc1. The lowest BCUT2D eigenvalue weighted by Crippen LogP contribution is -2.45. The predicted octanol–water partition coefficient (Wildman–Crippen LogP) is 1.10. The summed E-state index contributed by atoms with van der Waals surface area (Å²) >= 11 is 0. The Kier molecular flexibility index (Phi) is 5.86. The van der Waals surface area contributed by atoms with Gasteiger partial charge in [-0.1, -0.05) is 18.2 Å². The molecule has 2 rings (SSSR count). The minimum Gasteiger partial charge on any atom is -0.497 e. The highest BCUT2D eigenvalue weighted by molar-refractivity contribution is 5.95. The zero-order valence-electron chi connectivity index (χ0n) is 13.3. The summed E-state index contributed by atoms with van der Waals surface area (Å²) in [7, 11) is 2.71. The minimum absolute atomic E-state index is 0.133. The maximum absolute atomic E-state index is 12.2. The molecule has 7 heteroatoms. The van der Waals surface area contributed by atoms with Crippen LogP contribution in [-0.2, 0) is 9.53 Å². The predicted molar refractivity (Wildman–Crippen MR) is 85.5 cm³/mol. The van der Waals surface area contributed by atoms with Crippen LogP contribution < -0.4 is 10.1 Å². The van der Waals surface area contributed by atoms with Crippen LogP contribution in [0.3, 0.4) is 0 Å². The molecule has 0 saturated heterocycles. The van der Waals surface area contributed by atoms with Crippen LogP contribution in [-0.4, -0.2) is 42.2 Å². The molecule has 126 valence electrons. The van der Waals surface area contributed by atoms with Crippen LogP contribution in [0.1, 0.15) is 22.2 Å². The molecule has 1 heterocycles. The van der Waals surface area contributed by atoms with Crippen molar-refractivity contribution < 1.29 is 24.2 Å². The zero-order chi connectivity index (χ0) is 17.5. The van der Waals surface area contributed by atoms with Crippen molar-refractivity contribution in [2.24, 2.45) is 0 Å². The molecule has 0 aliphatic heterocycles. The summed E-state index contributed by atoms with van der Waals surface area (Å²) in [6, 6.07) is 10.1. The van der Waals surface area contributed by atoms with Crippen molar-refractivity contribution in [3.63, 3.8) is 0 Å². The molecule has 0 radical (unpaired) electrons. The number of nitrogens with one attached hydrogen (secondary N) is 1. The number of pyridine rings is 1. The fourth-order valence-corrected chi connectivity index (χ4v) is 2.10. The van der Waals surface area contributed by atoms with E-state index < -0.39 is 24.0 Å². The molecule has 2 atom stereocenters. The van der Waals surface area contributed by atoms with Gasteiger partial charge in [-0.25, -0.2) is 4.79 Å². The first-order chi connectivity index (χ1) is 11.6. The fraction of sp³-hybridized carbons (Fsp3) is 0.235. The number of ether oxygens (including phenoxy) is 2. The third-order valence-corrected chi connectivity index (χ3v) is 3.41. The molecule has 24 heavy (non-hydrogen) atoms. The van der Waals surface area contributed by atoms with Crippen LogP contribution in [0.25, 0.3) is 0 Å². The quantitative estimate of drug-likeness (QED) is 0.770. The molecule has 7 nitrogen and oxygen atoms in total. The Morgan fingerprint density at radius 3 is 2.38 bits per heavy atom. The molecule has 2 N–H and O–H groups in total. The number of methoxy groups -OCH3 is 2. The van der Waals surface area contributed by atoms with E-state index in [4.69, 9.17) is 4.74 Å². The second-order valence-corrected chi connectivity index (χ2v) is 4.91. The Morgan fingerprint density at radius 2 is 1.83 bits per heavy atom. The van der Waals surface area contributed by atoms with E-state index in [0.29, 0.717) is 11.3 Å². The smallest absolute Gasteiger partial charge is 0.331 e. The molecule has 0 aliphatic rings. The van der Waals surface area contributed by atoms with E-state index in [1.165, 1.54) is 26.5 Å².